The molecule has 1 aliphatic heterocycles. The van der Waals surface area contributed by atoms with Crippen LogP contribution < -0.4 is 10.2 Å². The third-order valence-electron chi connectivity index (χ3n) is 5.34. The molecule has 0 saturated carbocycles. The molecule has 2 heterocycles. The van der Waals surface area contributed by atoms with Crippen LogP contribution in [0.25, 0.3) is 0 Å². The van der Waals surface area contributed by atoms with Gasteiger partial charge < -0.3 is 14.7 Å². The first-order valence-corrected chi connectivity index (χ1v) is 10.5. The average Bonchev–Trinajstić information content (AvgIpc) is 3.09. The lowest BCUT2D eigenvalue weighted by Crippen LogP contribution is -2.48. The van der Waals surface area contributed by atoms with Gasteiger partial charge in [-0.15, -0.1) is 0 Å². The van der Waals surface area contributed by atoms with Gasteiger partial charge in [-0.25, -0.2) is 0 Å². The average molecular weight is 400 g/mol. The van der Waals surface area contributed by atoms with Crippen molar-refractivity contribution in [3.63, 3.8) is 0 Å². The quantitative estimate of drug-likeness (QED) is 0.736. The first-order valence-electron chi connectivity index (χ1n) is 10.5. The highest BCUT2D eigenvalue weighted by molar-refractivity contribution is 5.92. The van der Waals surface area contributed by atoms with Crippen molar-refractivity contribution >= 4 is 17.3 Å². The van der Waals surface area contributed by atoms with E-state index in [1.54, 1.807) is 0 Å². The molecule has 29 heavy (non-hydrogen) atoms. The number of anilines is 2. The number of nitrogens with one attached hydrogen (secondary N) is 1. The Morgan fingerprint density at radius 1 is 1.17 bits per heavy atom. The predicted molar refractivity (Wildman–Crippen MR) is 116 cm³/mol. The topological polar surface area (TPSA) is 64.9 Å². The lowest BCUT2D eigenvalue weighted by atomic mass is 10.2. The SMILES string of the molecule is CCN(c1ccc(NC(=O)CN2CCN(Cc3cc(C)no3)CC2)cc1)C(C)C. The van der Waals surface area contributed by atoms with E-state index < -0.39 is 0 Å². The van der Waals surface area contributed by atoms with Crippen LogP contribution in [0.3, 0.4) is 0 Å². The molecule has 3 rings (SSSR count). The van der Waals surface area contributed by atoms with Gasteiger partial charge in [0, 0.05) is 56.2 Å². The van der Waals surface area contributed by atoms with Crippen molar-refractivity contribution in [2.45, 2.75) is 40.3 Å². The summed E-state index contributed by atoms with van der Waals surface area (Å²) in [5, 5.41) is 6.96. The summed E-state index contributed by atoms with van der Waals surface area (Å²) in [6.07, 6.45) is 0. The van der Waals surface area contributed by atoms with Crippen molar-refractivity contribution in [2.75, 3.05) is 49.5 Å². The van der Waals surface area contributed by atoms with Crippen molar-refractivity contribution in [2.24, 2.45) is 0 Å². The molecule has 0 radical (unpaired) electrons. The second-order valence-electron chi connectivity index (χ2n) is 7.96. The second kappa shape index (κ2) is 9.89. The standard InChI is InChI=1S/C22H33N5O2/c1-5-27(17(2)3)20-8-6-19(7-9-20)23-22(28)16-26-12-10-25(11-13-26)15-21-14-18(4)24-29-21/h6-9,14,17H,5,10-13,15-16H2,1-4H3,(H,23,28). The van der Waals surface area contributed by atoms with E-state index in [0.29, 0.717) is 12.6 Å². The maximum atomic E-state index is 12.4. The Morgan fingerprint density at radius 3 is 2.38 bits per heavy atom. The Bertz CT molecular complexity index is 779. The number of piperazine rings is 1. The van der Waals surface area contributed by atoms with E-state index in [9.17, 15) is 4.79 Å². The van der Waals surface area contributed by atoms with Crippen LogP contribution in [0.1, 0.15) is 32.2 Å². The zero-order valence-corrected chi connectivity index (χ0v) is 18.0. The van der Waals surface area contributed by atoms with Gasteiger partial charge in [0.25, 0.3) is 0 Å². The van der Waals surface area contributed by atoms with Crippen LogP contribution in [0.4, 0.5) is 11.4 Å². The first-order chi connectivity index (χ1) is 13.9. The smallest absolute Gasteiger partial charge is 0.238 e. The number of amides is 1. The first kappa shape index (κ1) is 21.3. The van der Waals surface area contributed by atoms with Crippen LogP contribution in [-0.2, 0) is 11.3 Å². The molecular weight excluding hydrogens is 366 g/mol. The van der Waals surface area contributed by atoms with Crippen molar-refractivity contribution in [3.8, 4) is 0 Å². The Balaban J connectivity index is 1.43. The normalized spacial score (nSPS) is 15.6. The molecule has 1 aromatic heterocycles. The van der Waals surface area contributed by atoms with Gasteiger partial charge in [0.1, 0.15) is 0 Å². The molecule has 1 aromatic carbocycles. The van der Waals surface area contributed by atoms with Crippen LogP contribution >= 0.6 is 0 Å². The Labute approximate surface area is 173 Å². The van der Waals surface area contributed by atoms with E-state index in [2.05, 4.69) is 58.1 Å². The number of benzene rings is 1. The molecule has 7 nitrogen and oxygen atoms in total. The fourth-order valence-corrected chi connectivity index (χ4v) is 3.80. The summed E-state index contributed by atoms with van der Waals surface area (Å²) in [7, 11) is 0. The summed E-state index contributed by atoms with van der Waals surface area (Å²) in [4.78, 5) is 19.3. The highest BCUT2D eigenvalue weighted by atomic mass is 16.5. The molecule has 1 fully saturated rings. The summed E-state index contributed by atoms with van der Waals surface area (Å²) >= 11 is 0. The third kappa shape index (κ3) is 6.05. The van der Waals surface area contributed by atoms with E-state index in [1.807, 2.05) is 25.1 Å². The minimum atomic E-state index is 0.0354. The lowest BCUT2D eigenvalue weighted by molar-refractivity contribution is -0.117. The van der Waals surface area contributed by atoms with Crippen LogP contribution in [-0.4, -0.2) is 66.2 Å². The van der Waals surface area contributed by atoms with Gasteiger partial charge in [0.2, 0.25) is 5.91 Å². The molecule has 0 spiro atoms. The number of hydrogen-bond donors (Lipinski definition) is 1. The Hall–Kier alpha value is -2.38. The van der Waals surface area contributed by atoms with E-state index in [-0.39, 0.29) is 5.91 Å². The van der Waals surface area contributed by atoms with Crippen molar-refractivity contribution < 1.29 is 9.32 Å². The largest absolute Gasteiger partial charge is 0.369 e. The number of hydrogen-bond acceptors (Lipinski definition) is 6. The molecule has 1 amide bonds. The Morgan fingerprint density at radius 2 is 1.83 bits per heavy atom. The number of carbonyl (C=O) groups is 1. The molecular formula is C22H33N5O2. The van der Waals surface area contributed by atoms with Crippen LogP contribution in [0.5, 0.6) is 0 Å². The van der Waals surface area contributed by atoms with Gasteiger partial charge in [0.05, 0.1) is 18.8 Å². The number of aryl methyl sites for hydroxylation is 1. The molecule has 1 aliphatic rings. The number of nitrogens with zero attached hydrogens (tertiary/aromatic N) is 4. The molecule has 0 unspecified atom stereocenters. The van der Waals surface area contributed by atoms with Gasteiger partial charge >= 0.3 is 0 Å². The minimum absolute atomic E-state index is 0.0354. The fourth-order valence-electron chi connectivity index (χ4n) is 3.80. The number of carbonyl (C=O) groups excluding carboxylic acids is 1. The van der Waals surface area contributed by atoms with Crippen LogP contribution in [0.15, 0.2) is 34.9 Å². The maximum Gasteiger partial charge on any atom is 0.238 e. The zero-order valence-electron chi connectivity index (χ0n) is 18.0. The highest BCUT2D eigenvalue weighted by Crippen LogP contribution is 2.20. The maximum absolute atomic E-state index is 12.4. The molecule has 158 valence electrons. The van der Waals surface area contributed by atoms with Gasteiger partial charge in [-0.2, -0.15) is 0 Å². The molecule has 0 atom stereocenters. The van der Waals surface area contributed by atoms with Crippen molar-refractivity contribution in [3.05, 3.63) is 41.8 Å². The third-order valence-corrected chi connectivity index (χ3v) is 5.34. The van der Waals surface area contributed by atoms with E-state index >= 15 is 0 Å². The van der Waals surface area contributed by atoms with Crippen molar-refractivity contribution in [1.29, 1.82) is 0 Å². The summed E-state index contributed by atoms with van der Waals surface area (Å²) in [5.41, 5.74) is 2.94. The lowest BCUT2D eigenvalue weighted by Gasteiger charge is -2.33. The Kier molecular flexibility index (Phi) is 7.28. The van der Waals surface area contributed by atoms with Crippen LogP contribution in [0.2, 0.25) is 0 Å². The number of aromatic nitrogens is 1. The van der Waals surface area contributed by atoms with Gasteiger partial charge in [0.15, 0.2) is 5.76 Å². The van der Waals surface area contributed by atoms with Gasteiger partial charge in [-0.05, 0) is 52.0 Å². The number of rotatable bonds is 8. The van der Waals surface area contributed by atoms with Gasteiger partial charge in [-0.3, -0.25) is 14.6 Å². The predicted octanol–water partition coefficient (Wildman–Crippen LogP) is 2.97. The second-order valence-corrected chi connectivity index (χ2v) is 7.96. The summed E-state index contributed by atoms with van der Waals surface area (Å²) in [5.74, 6) is 0.935. The summed E-state index contributed by atoms with van der Waals surface area (Å²) < 4.78 is 5.30. The molecule has 0 aliphatic carbocycles. The molecule has 0 bridgehead atoms. The summed E-state index contributed by atoms with van der Waals surface area (Å²) in [6, 6.07) is 10.5. The monoisotopic (exact) mass is 399 g/mol. The van der Waals surface area contributed by atoms with E-state index in [0.717, 1.165) is 56.4 Å². The minimum Gasteiger partial charge on any atom is -0.369 e. The van der Waals surface area contributed by atoms with E-state index in [1.165, 1.54) is 5.69 Å². The summed E-state index contributed by atoms with van der Waals surface area (Å²) in [6.45, 7) is 14.2. The van der Waals surface area contributed by atoms with E-state index in [4.69, 9.17) is 4.52 Å². The zero-order chi connectivity index (χ0) is 20.8. The van der Waals surface area contributed by atoms with Crippen LogP contribution in [0, 0.1) is 6.92 Å². The molecule has 2 aromatic rings. The highest BCUT2D eigenvalue weighted by Gasteiger charge is 2.20. The fraction of sp³-hybridized carbons (Fsp3) is 0.545. The molecule has 7 heteroatoms. The van der Waals surface area contributed by atoms with Crippen molar-refractivity contribution in [1.82, 2.24) is 15.0 Å². The van der Waals surface area contributed by atoms with Gasteiger partial charge in [-0.1, -0.05) is 5.16 Å². The molecule has 1 N–H and O–H groups in total. The molecule has 1 saturated heterocycles.